The van der Waals surface area contributed by atoms with Gasteiger partial charge in [-0.05, 0) is 54.8 Å². The van der Waals surface area contributed by atoms with E-state index in [-0.39, 0.29) is 29.0 Å². The second-order valence-electron chi connectivity index (χ2n) is 9.97. The topological polar surface area (TPSA) is 60.7 Å². The van der Waals surface area contributed by atoms with Gasteiger partial charge < -0.3 is 15.3 Å². The average Bonchev–Trinajstić information content (AvgIpc) is 2.83. The van der Waals surface area contributed by atoms with E-state index in [9.17, 15) is 15.3 Å². The molecule has 0 radical (unpaired) electrons. The highest BCUT2D eigenvalue weighted by molar-refractivity contribution is 5.30. The number of fused-ring (bicyclic) bond motifs is 3. The zero-order valence-electron chi connectivity index (χ0n) is 14.8. The molecule has 2 bridgehead atoms. The van der Waals surface area contributed by atoms with Crippen LogP contribution in [-0.4, -0.2) is 34.1 Å². The normalized spacial score (nSPS) is 57.0. The maximum atomic E-state index is 11.1. The monoisotopic (exact) mass is 320 g/mol. The van der Waals surface area contributed by atoms with Crippen LogP contribution in [0, 0.1) is 33.5 Å². The first-order chi connectivity index (χ1) is 10.7. The summed E-state index contributed by atoms with van der Waals surface area (Å²) in [6.07, 6.45) is 9.34. The van der Waals surface area contributed by atoms with Gasteiger partial charge in [0, 0.05) is 10.8 Å². The molecule has 4 aliphatic rings. The lowest BCUT2D eigenvalue weighted by Crippen LogP contribution is -2.63. The van der Waals surface area contributed by atoms with Crippen LogP contribution < -0.4 is 0 Å². The Morgan fingerprint density at radius 3 is 2.35 bits per heavy atom. The number of hydrogen-bond donors (Lipinski definition) is 3. The van der Waals surface area contributed by atoms with Gasteiger partial charge in [-0.2, -0.15) is 0 Å². The minimum Gasteiger partial charge on any atom is -0.395 e. The molecular formula is C20H32O3. The fourth-order valence-electron chi connectivity index (χ4n) is 7.33. The van der Waals surface area contributed by atoms with Crippen LogP contribution in [0.15, 0.2) is 12.2 Å². The number of hydrogen-bond acceptors (Lipinski definition) is 3. The van der Waals surface area contributed by atoms with Crippen LogP contribution in [0.2, 0.25) is 0 Å². The fraction of sp³-hybridized carbons (Fsp3) is 0.900. The maximum absolute atomic E-state index is 11.1. The molecule has 1 spiro atoms. The van der Waals surface area contributed by atoms with Gasteiger partial charge in [0.1, 0.15) is 0 Å². The van der Waals surface area contributed by atoms with Crippen molar-refractivity contribution < 1.29 is 15.3 Å². The second kappa shape index (κ2) is 4.62. The van der Waals surface area contributed by atoms with Crippen LogP contribution in [0.5, 0.6) is 0 Å². The van der Waals surface area contributed by atoms with E-state index < -0.39 is 11.5 Å². The van der Waals surface area contributed by atoms with Crippen LogP contribution in [0.1, 0.15) is 59.3 Å². The third kappa shape index (κ3) is 1.82. The molecule has 4 rings (SSSR count). The Morgan fingerprint density at radius 1 is 0.957 bits per heavy atom. The molecule has 3 N–H and O–H groups in total. The third-order valence-corrected chi connectivity index (χ3v) is 8.58. The van der Waals surface area contributed by atoms with Crippen molar-refractivity contribution in [3.8, 4) is 0 Å². The Kier molecular flexibility index (Phi) is 3.23. The summed E-state index contributed by atoms with van der Waals surface area (Å²) < 4.78 is 0. The Bertz CT molecular complexity index is 541. The largest absolute Gasteiger partial charge is 0.395 e. The fourth-order valence-corrected chi connectivity index (χ4v) is 7.33. The van der Waals surface area contributed by atoms with Crippen LogP contribution in [0.4, 0.5) is 0 Å². The van der Waals surface area contributed by atoms with Crippen molar-refractivity contribution in [2.75, 3.05) is 6.61 Å². The van der Waals surface area contributed by atoms with E-state index in [2.05, 4.69) is 26.8 Å². The van der Waals surface area contributed by atoms with Gasteiger partial charge in [-0.3, -0.25) is 0 Å². The van der Waals surface area contributed by atoms with Crippen LogP contribution in [0.25, 0.3) is 0 Å². The highest BCUT2D eigenvalue weighted by Gasteiger charge is 2.68. The van der Waals surface area contributed by atoms with Gasteiger partial charge in [0.25, 0.3) is 0 Å². The van der Waals surface area contributed by atoms with Gasteiger partial charge in [-0.1, -0.05) is 39.3 Å². The van der Waals surface area contributed by atoms with E-state index in [0.29, 0.717) is 24.7 Å². The minimum absolute atomic E-state index is 0.0164. The summed E-state index contributed by atoms with van der Waals surface area (Å²) in [6, 6.07) is 0. The molecule has 7 atom stereocenters. The zero-order valence-corrected chi connectivity index (χ0v) is 14.8. The Morgan fingerprint density at radius 2 is 1.65 bits per heavy atom. The average molecular weight is 320 g/mol. The van der Waals surface area contributed by atoms with Gasteiger partial charge >= 0.3 is 0 Å². The molecule has 0 aromatic heterocycles. The summed E-state index contributed by atoms with van der Waals surface area (Å²) in [5.74, 6) is 0.828. The predicted molar refractivity (Wildman–Crippen MR) is 89.7 cm³/mol. The summed E-state index contributed by atoms with van der Waals surface area (Å²) in [5.41, 5.74) is -0.321. The Hall–Kier alpha value is -0.380. The van der Waals surface area contributed by atoms with Crippen molar-refractivity contribution >= 4 is 0 Å². The standard InChI is InChI=1S/C20H32O3/c1-17(2)5-4-6-18(3)13(17)9-16(23)20-8-7-19(11-20,12-21)15(22)10-14(18)20/h7-8,13-16,21-23H,4-6,9-12H2,1-3H3. The van der Waals surface area contributed by atoms with Gasteiger partial charge in [0.2, 0.25) is 0 Å². The van der Waals surface area contributed by atoms with E-state index in [1.165, 1.54) is 19.3 Å². The molecule has 0 saturated heterocycles. The first kappa shape index (κ1) is 16.1. The molecular weight excluding hydrogens is 288 g/mol. The number of aliphatic hydroxyl groups excluding tert-OH is 3. The molecule has 7 unspecified atom stereocenters. The van der Waals surface area contributed by atoms with E-state index in [1.807, 2.05) is 6.08 Å². The first-order valence-electron chi connectivity index (χ1n) is 9.38. The second-order valence-corrected chi connectivity index (χ2v) is 9.97. The molecule has 3 nitrogen and oxygen atoms in total. The van der Waals surface area contributed by atoms with Crippen LogP contribution in [-0.2, 0) is 0 Å². The van der Waals surface area contributed by atoms with Gasteiger partial charge in [-0.25, -0.2) is 0 Å². The van der Waals surface area contributed by atoms with Gasteiger partial charge in [0.05, 0.1) is 18.8 Å². The van der Waals surface area contributed by atoms with E-state index in [4.69, 9.17) is 0 Å². The molecule has 130 valence electrons. The van der Waals surface area contributed by atoms with E-state index >= 15 is 0 Å². The van der Waals surface area contributed by atoms with Crippen molar-refractivity contribution in [2.24, 2.45) is 33.5 Å². The molecule has 0 heterocycles. The third-order valence-electron chi connectivity index (χ3n) is 8.58. The molecule has 0 aromatic carbocycles. The zero-order chi connectivity index (χ0) is 16.7. The summed E-state index contributed by atoms with van der Waals surface area (Å²) in [7, 11) is 0. The van der Waals surface area contributed by atoms with Crippen molar-refractivity contribution in [2.45, 2.75) is 71.5 Å². The van der Waals surface area contributed by atoms with E-state index in [1.54, 1.807) is 0 Å². The summed E-state index contributed by atoms with van der Waals surface area (Å²) in [5, 5.41) is 31.9. The lowest BCUT2D eigenvalue weighted by molar-refractivity contribution is -0.212. The smallest absolute Gasteiger partial charge is 0.0656 e. The summed E-state index contributed by atoms with van der Waals surface area (Å²) in [6.45, 7) is 7.13. The molecule has 4 aliphatic carbocycles. The van der Waals surface area contributed by atoms with Crippen LogP contribution >= 0.6 is 0 Å². The highest BCUT2D eigenvalue weighted by atomic mass is 16.3. The van der Waals surface area contributed by atoms with E-state index in [0.717, 1.165) is 6.42 Å². The minimum atomic E-state index is -0.523. The van der Waals surface area contributed by atoms with Crippen molar-refractivity contribution in [1.29, 1.82) is 0 Å². The number of aliphatic hydroxyl groups is 3. The first-order valence-corrected chi connectivity index (χ1v) is 9.38. The van der Waals surface area contributed by atoms with Crippen LogP contribution in [0.3, 0.4) is 0 Å². The molecule has 23 heavy (non-hydrogen) atoms. The lowest BCUT2D eigenvalue weighted by Gasteiger charge is -2.66. The molecule has 0 aromatic rings. The lowest BCUT2D eigenvalue weighted by atomic mass is 9.39. The SMILES string of the molecule is CC1(C)CCCC2(C)C1CC(O)C13C=CC(CO)(C1)C(O)CC23. The molecule has 3 heteroatoms. The quantitative estimate of drug-likeness (QED) is 0.651. The van der Waals surface area contributed by atoms with Crippen molar-refractivity contribution in [1.82, 2.24) is 0 Å². The maximum Gasteiger partial charge on any atom is 0.0656 e. The Labute approximate surface area is 139 Å². The van der Waals surface area contributed by atoms with Crippen molar-refractivity contribution in [3.63, 3.8) is 0 Å². The predicted octanol–water partition coefficient (Wildman–Crippen LogP) is 2.89. The molecule has 3 saturated carbocycles. The van der Waals surface area contributed by atoms with Gasteiger partial charge in [-0.15, -0.1) is 0 Å². The summed E-state index contributed by atoms with van der Waals surface area (Å²) >= 11 is 0. The Balaban J connectivity index is 1.80. The van der Waals surface area contributed by atoms with Gasteiger partial charge in [0.15, 0.2) is 0 Å². The highest BCUT2D eigenvalue weighted by Crippen LogP contribution is 2.71. The molecule has 3 fully saturated rings. The number of rotatable bonds is 1. The van der Waals surface area contributed by atoms with Crippen molar-refractivity contribution in [3.05, 3.63) is 12.2 Å². The molecule has 0 amide bonds. The summed E-state index contributed by atoms with van der Waals surface area (Å²) in [4.78, 5) is 0. The molecule has 0 aliphatic heterocycles.